The molecule has 4 atom stereocenters. The van der Waals surface area contributed by atoms with Crippen molar-refractivity contribution in [2.24, 2.45) is 17.8 Å². The van der Waals surface area contributed by atoms with Gasteiger partial charge < -0.3 is 20.1 Å². The van der Waals surface area contributed by atoms with Gasteiger partial charge in [0.15, 0.2) is 0 Å². The van der Waals surface area contributed by atoms with Crippen molar-refractivity contribution < 1.29 is 34.6 Å². The number of halogens is 1. The van der Waals surface area contributed by atoms with Crippen molar-refractivity contribution in [2.75, 3.05) is 25.2 Å². The predicted molar refractivity (Wildman–Crippen MR) is 169 cm³/mol. The largest absolute Gasteiger partial charge is 0.508 e. The van der Waals surface area contributed by atoms with Crippen molar-refractivity contribution in [2.45, 2.75) is 25.4 Å². The van der Waals surface area contributed by atoms with Crippen LogP contribution in [0, 0.1) is 27.9 Å². The summed E-state index contributed by atoms with van der Waals surface area (Å²) in [4.78, 5) is 39.1. The number of carbonyl (C=O) groups is 2. The van der Waals surface area contributed by atoms with Crippen LogP contribution in [-0.2, 0) is 14.3 Å². The molecule has 0 aromatic heterocycles. The first kappa shape index (κ1) is 32.1. The molecule has 2 aliphatic rings. The molecular weight excluding hydrogens is 600 g/mol. The molecule has 1 aliphatic carbocycles. The lowest BCUT2D eigenvalue weighted by Gasteiger charge is -2.36. The van der Waals surface area contributed by atoms with Gasteiger partial charge in [-0.2, -0.15) is 0 Å². The van der Waals surface area contributed by atoms with Crippen LogP contribution in [0.2, 0.25) is 5.02 Å². The number of allylic oxidation sites excluding steroid dienone is 1. The van der Waals surface area contributed by atoms with Gasteiger partial charge in [0.05, 0.1) is 46.8 Å². The lowest BCUT2D eigenvalue weighted by atomic mass is 9.68. The fourth-order valence-corrected chi connectivity index (χ4v) is 6.72. The Kier molecular flexibility index (Phi) is 9.79. The van der Waals surface area contributed by atoms with Gasteiger partial charge in [-0.3, -0.25) is 19.7 Å². The van der Waals surface area contributed by atoms with Gasteiger partial charge in [-0.15, -0.1) is 0 Å². The number of nitro benzene ring substituents is 1. The molecular formula is C34H33ClN2O8. The molecule has 1 fully saturated rings. The number of hydrogen-bond donors (Lipinski definition) is 3. The predicted octanol–water partition coefficient (Wildman–Crippen LogP) is 5.40. The normalized spacial score (nSPS) is 20.8. The van der Waals surface area contributed by atoms with Gasteiger partial charge in [0.1, 0.15) is 5.75 Å². The number of anilines is 1. The smallest absolute Gasteiger partial charge is 0.271 e. The van der Waals surface area contributed by atoms with Crippen LogP contribution in [-0.4, -0.2) is 58.5 Å². The van der Waals surface area contributed by atoms with Crippen LogP contribution in [0.15, 0.2) is 83.9 Å². The van der Waals surface area contributed by atoms with Crippen molar-refractivity contribution in [1.82, 2.24) is 0 Å². The van der Waals surface area contributed by atoms with Gasteiger partial charge in [-0.05, 0) is 77.5 Å². The summed E-state index contributed by atoms with van der Waals surface area (Å²) in [6.07, 6.45) is 1.58. The summed E-state index contributed by atoms with van der Waals surface area (Å²) in [6.45, 7) is -0.401. The number of fused-ring (bicyclic) bond motifs is 1. The lowest BCUT2D eigenvalue weighted by Crippen LogP contribution is -2.39. The van der Waals surface area contributed by atoms with Gasteiger partial charge in [-0.1, -0.05) is 48.0 Å². The number of amides is 2. The van der Waals surface area contributed by atoms with E-state index < -0.39 is 47.2 Å². The number of hydrogen-bond acceptors (Lipinski definition) is 8. The molecule has 0 radical (unpaired) electrons. The average molecular weight is 633 g/mol. The number of phenolic OH excluding ortho intramolecular Hbond substituents is 1. The first-order valence-corrected chi connectivity index (χ1v) is 14.9. The molecule has 0 unspecified atom stereocenters. The quantitative estimate of drug-likeness (QED) is 0.0836. The Hall–Kier alpha value is -4.35. The summed E-state index contributed by atoms with van der Waals surface area (Å²) >= 11 is 6.39. The van der Waals surface area contributed by atoms with E-state index in [0.29, 0.717) is 28.2 Å². The Morgan fingerprint density at radius 1 is 1.11 bits per heavy atom. The molecule has 10 nitrogen and oxygen atoms in total. The Morgan fingerprint density at radius 2 is 1.87 bits per heavy atom. The maximum Gasteiger partial charge on any atom is 0.271 e. The van der Waals surface area contributed by atoms with E-state index in [-0.39, 0.29) is 36.6 Å². The number of carbonyl (C=O) groups excluding carboxylic acids is 2. The summed E-state index contributed by atoms with van der Waals surface area (Å²) in [5.74, 6) is -3.66. The maximum absolute atomic E-state index is 13.8. The van der Waals surface area contributed by atoms with Crippen LogP contribution in [0.3, 0.4) is 0 Å². The zero-order valence-electron chi connectivity index (χ0n) is 24.5. The Balaban J connectivity index is 1.46. The second-order valence-corrected chi connectivity index (χ2v) is 11.6. The second-order valence-electron chi connectivity index (χ2n) is 11.2. The van der Waals surface area contributed by atoms with Gasteiger partial charge in [0.2, 0.25) is 11.8 Å². The van der Waals surface area contributed by atoms with Gasteiger partial charge >= 0.3 is 0 Å². The number of aliphatic hydroxyl groups is 2. The molecule has 11 heteroatoms. The number of ether oxygens (including phenoxy) is 1. The van der Waals surface area contributed by atoms with Crippen LogP contribution in [0.25, 0.3) is 11.6 Å². The zero-order chi connectivity index (χ0) is 32.2. The standard InChI is InChI=1S/C34H33ClN2O8/c1-45-19-23-15-27-32(34(42)36(33(27)41)24-8-5-9-25(16-24)37(43)44)28(18-38)31(23)30(40)13-11-21(20-6-3-2-4-7-20)14-22-10-12-26(39)17-29(22)35/h2-10,12,14,16-17,27-28,30,32,38-40H,11,13,15,18-19H2,1H3/b21-14-/t27-,28+,30-,32-/m1/s1. The molecule has 1 saturated heterocycles. The topological polar surface area (TPSA) is 150 Å². The van der Waals surface area contributed by atoms with E-state index in [1.807, 2.05) is 36.4 Å². The molecule has 3 aromatic carbocycles. The molecule has 0 spiro atoms. The summed E-state index contributed by atoms with van der Waals surface area (Å²) < 4.78 is 5.43. The summed E-state index contributed by atoms with van der Waals surface area (Å²) in [7, 11) is 1.49. The second kappa shape index (κ2) is 13.7. The molecule has 45 heavy (non-hydrogen) atoms. The van der Waals surface area contributed by atoms with E-state index >= 15 is 0 Å². The van der Waals surface area contributed by atoms with Crippen molar-refractivity contribution >= 4 is 46.4 Å². The van der Waals surface area contributed by atoms with E-state index in [1.54, 1.807) is 6.07 Å². The molecule has 234 valence electrons. The summed E-state index contributed by atoms with van der Waals surface area (Å²) in [6, 6.07) is 19.6. The van der Waals surface area contributed by atoms with Gasteiger partial charge in [0.25, 0.3) is 5.69 Å². The molecule has 3 N–H and O–H groups in total. The number of methoxy groups -OCH3 is 1. The minimum absolute atomic E-state index is 0.0427. The van der Waals surface area contributed by atoms with Gasteiger partial charge in [-0.25, -0.2) is 4.90 Å². The number of rotatable bonds is 11. The third-order valence-corrected chi connectivity index (χ3v) is 8.83. The van der Waals surface area contributed by atoms with Crippen molar-refractivity contribution in [3.63, 3.8) is 0 Å². The zero-order valence-corrected chi connectivity index (χ0v) is 25.3. The number of phenols is 1. The molecule has 5 rings (SSSR count). The lowest BCUT2D eigenvalue weighted by molar-refractivity contribution is -0.384. The number of imide groups is 1. The third kappa shape index (κ3) is 6.55. The molecule has 0 saturated carbocycles. The molecule has 1 aliphatic heterocycles. The van der Waals surface area contributed by atoms with E-state index in [1.165, 1.54) is 43.5 Å². The van der Waals surface area contributed by atoms with Crippen molar-refractivity contribution in [1.29, 1.82) is 0 Å². The summed E-state index contributed by atoms with van der Waals surface area (Å²) in [5, 5.41) is 43.8. The van der Waals surface area contributed by atoms with Crippen LogP contribution in [0.5, 0.6) is 5.75 Å². The number of non-ortho nitro benzene ring substituents is 1. The molecule has 2 amide bonds. The Labute approximate surface area is 265 Å². The maximum atomic E-state index is 13.8. The van der Waals surface area contributed by atoms with Crippen molar-refractivity contribution in [3.05, 3.63) is 110 Å². The van der Waals surface area contributed by atoms with Crippen LogP contribution < -0.4 is 4.90 Å². The Bertz CT molecular complexity index is 1670. The first-order valence-electron chi connectivity index (χ1n) is 14.5. The SMILES string of the molecule is COCC1=C([C@H](O)CC/C(=C/c2ccc(O)cc2Cl)c2ccccc2)[C@H](CO)[C@@H]2C(=O)N(c3cccc([N+](=O)[O-])c3)C(=O)[C@@H]2C1. The van der Waals surface area contributed by atoms with E-state index in [4.69, 9.17) is 16.3 Å². The Morgan fingerprint density at radius 3 is 2.53 bits per heavy atom. The third-order valence-electron chi connectivity index (χ3n) is 8.50. The number of aromatic hydroxyl groups is 1. The highest BCUT2D eigenvalue weighted by Gasteiger charge is 2.55. The molecule has 1 heterocycles. The van der Waals surface area contributed by atoms with Crippen LogP contribution >= 0.6 is 11.6 Å². The monoisotopic (exact) mass is 632 g/mol. The van der Waals surface area contributed by atoms with Crippen molar-refractivity contribution in [3.8, 4) is 5.75 Å². The average Bonchev–Trinajstić information content (AvgIpc) is 3.28. The van der Waals surface area contributed by atoms with Crippen LogP contribution in [0.1, 0.15) is 30.4 Å². The number of benzene rings is 3. The minimum atomic E-state index is -1.08. The van der Waals surface area contributed by atoms with E-state index in [2.05, 4.69) is 0 Å². The fraction of sp³-hybridized carbons (Fsp3) is 0.294. The number of nitro groups is 1. The number of aliphatic hydroxyl groups excluding tert-OH is 2. The number of nitrogens with zero attached hydrogens (tertiary/aromatic N) is 2. The van der Waals surface area contributed by atoms with Crippen LogP contribution in [0.4, 0.5) is 11.4 Å². The fourth-order valence-electron chi connectivity index (χ4n) is 6.49. The van der Waals surface area contributed by atoms with E-state index in [0.717, 1.165) is 16.0 Å². The minimum Gasteiger partial charge on any atom is -0.508 e. The first-order chi connectivity index (χ1) is 21.6. The highest BCUT2D eigenvalue weighted by Crippen LogP contribution is 2.47. The summed E-state index contributed by atoms with van der Waals surface area (Å²) in [5.41, 5.74) is 3.41. The molecule has 3 aromatic rings. The van der Waals surface area contributed by atoms with E-state index in [9.17, 15) is 35.0 Å². The highest BCUT2D eigenvalue weighted by molar-refractivity contribution is 6.32. The highest BCUT2D eigenvalue weighted by atomic mass is 35.5. The molecule has 0 bridgehead atoms. The van der Waals surface area contributed by atoms with Gasteiger partial charge in [0, 0.05) is 25.2 Å².